The van der Waals surface area contributed by atoms with Crippen molar-refractivity contribution >= 4 is 29.0 Å². The molecule has 3 heterocycles. The van der Waals surface area contributed by atoms with Gasteiger partial charge in [0.25, 0.3) is 5.91 Å². The molecule has 3 aromatic rings. The third kappa shape index (κ3) is 4.31. The second kappa shape index (κ2) is 8.27. The minimum Gasteiger partial charge on any atom is -0.404 e. The number of anilines is 1. The Balaban J connectivity index is 1.63. The predicted molar refractivity (Wildman–Crippen MR) is 109 cm³/mol. The number of alkyl halides is 3. The fourth-order valence-electron chi connectivity index (χ4n) is 3.54. The van der Waals surface area contributed by atoms with Crippen LogP contribution in [-0.4, -0.2) is 39.4 Å². The summed E-state index contributed by atoms with van der Waals surface area (Å²) in [6.45, 7) is 2.06. The fraction of sp³-hybridized carbons (Fsp3) is 0.238. The number of rotatable bonds is 5. The van der Waals surface area contributed by atoms with E-state index in [1.807, 2.05) is 6.92 Å². The van der Waals surface area contributed by atoms with Crippen LogP contribution in [0, 0.1) is 0 Å². The van der Waals surface area contributed by atoms with Gasteiger partial charge in [0.2, 0.25) is 0 Å². The van der Waals surface area contributed by atoms with Crippen molar-refractivity contribution in [3.63, 3.8) is 0 Å². The largest absolute Gasteiger partial charge is 0.573 e. The van der Waals surface area contributed by atoms with E-state index in [-0.39, 0.29) is 35.5 Å². The van der Waals surface area contributed by atoms with Crippen LogP contribution in [0.15, 0.2) is 48.9 Å². The van der Waals surface area contributed by atoms with Gasteiger partial charge in [-0.15, -0.1) is 13.2 Å². The number of amides is 1. The van der Waals surface area contributed by atoms with E-state index in [2.05, 4.69) is 14.8 Å². The lowest BCUT2D eigenvalue weighted by molar-refractivity contribution is -0.274. The van der Waals surface area contributed by atoms with Gasteiger partial charge in [0.15, 0.2) is 5.78 Å². The molecule has 0 saturated heterocycles. The molecule has 0 fully saturated rings. The summed E-state index contributed by atoms with van der Waals surface area (Å²) in [5.74, 6) is -1.22. The maximum absolute atomic E-state index is 13.3. The first-order chi connectivity index (χ1) is 15.1. The fourth-order valence-corrected chi connectivity index (χ4v) is 3.75. The number of hydrogen-bond acceptors (Lipinski definition) is 5. The van der Waals surface area contributed by atoms with Crippen LogP contribution < -0.4 is 9.64 Å². The van der Waals surface area contributed by atoms with E-state index in [0.29, 0.717) is 16.8 Å². The van der Waals surface area contributed by atoms with Crippen LogP contribution in [0.4, 0.5) is 18.9 Å². The van der Waals surface area contributed by atoms with Crippen molar-refractivity contribution in [1.82, 2.24) is 14.8 Å². The molecule has 0 unspecified atom stereocenters. The minimum absolute atomic E-state index is 0.0492. The predicted octanol–water partition coefficient (Wildman–Crippen LogP) is 4.48. The van der Waals surface area contributed by atoms with Crippen molar-refractivity contribution in [3.8, 4) is 5.75 Å². The molecule has 1 aromatic carbocycles. The zero-order chi connectivity index (χ0) is 23.0. The van der Waals surface area contributed by atoms with Crippen LogP contribution in [0.3, 0.4) is 0 Å². The molecule has 0 bridgehead atoms. The van der Waals surface area contributed by atoms with Gasteiger partial charge in [-0.25, -0.2) is 0 Å². The summed E-state index contributed by atoms with van der Waals surface area (Å²) in [7, 11) is 0. The van der Waals surface area contributed by atoms with E-state index in [9.17, 15) is 22.8 Å². The summed E-state index contributed by atoms with van der Waals surface area (Å²) in [6.07, 6.45) is -0.455. The molecule has 0 spiro atoms. The maximum Gasteiger partial charge on any atom is 0.573 e. The van der Waals surface area contributed by atoms with Gasteiger partial charge in [0.05, 0.1) is 17.3 Å². The third-order valence-corrected chi connectivity index (χ3v) is 5.27. The van der Waals surface area contributed by atoms with Crippen LogP contribution in [0.25, 0.3) is 0 Å². The summed E-state index contributed by atoms with van der Waals surface area (Å²) < 4.78 is 42.9. The van der Waals surface area contributed by atoms with Gasteiger partial charge in [-0.3, -0.25) is 19.3 Å². The van der Waals surface area contributed by atoms with Crippen molar-refractivity contribution in [1.29, 1.82) is 0 Å². The lowest BCUT2D eigenvalue weighted by atomic mass is 10.0. The molecule has 166 valence electrons. The lowest BCUT2D eigenvalue weighted by Gasteiger charge is -2.32. The first-order valence-corrected chi connectivity index (χ1v) is 9.88. The van der Waals surface area contributed by atoms with E-state index in [1.54, 1.807) is 23.0 Å². The highest BCUT2D eigenvalue weighted by atomic mass is 35.5. The number of fused-ring (bicyclic) bond motifs is 1. The summed E-state index contributed by atoms with van der Waals surface area (Å²) in [5.41, 5.74) is 1.40. The second-order valence-corrected chi connectivity index (χ2v) is 7.64. The molecular weight excluding hydrogens is 449 g/mol. The molecule has 2 aromatic heterocycles. The number of aromatic nitrogens is 3. The summed E-state index contributed by atoms with van der Waals surface area (Å²) in [6, 6.07) is 6.65. The Labute approximate surface area is 185 Å². The van der Waals surface area contributed by atoms with E-state index in [4.69, 9.17) is 11.6 Å². The van der Waals surface area contributed by atoms with Crippen molar-refractivity contribution in [2.24, 2.45) is 0 Å². The third-order valence-electron chi connectivity index (χ3n) is 4.97. The molecule has 1 atom stereocenters. The van der Waals surface area contributed by atoms with Crippen molar-refractivity contribution in [2.45, 2.75) is 25.7 Å². The van der Waals surface area contributed by atoms with E-state index in [0.717, 1.165) is 6.07 Å². The van der Waals surface area contributed by atoms with Crippen LogP contribution >= 0.6 is 11.6 Å². The minimum atomic E-state index is -4.89. The van der Waals surface area contributed by atoms with Gasteiger partial charge >= 0.3 is 6.36 Å². The van der Waals surface area contributed by atoms with Crippen LogP contribution in [-0.2, 0) is 6.42 Å². The molecule has 0 aliphatic carbocycles. The first-order valence-electron chi connectivity index (χ1n) is 9.51. The molecule has 4 rings (SSSR count). The molecule has 32 heavy (non-hydrogen) atoms. The van der Waals surface area contributed by atoms with Crippen LogP contribution in [0.5, 0.6) is 5.75 Å². The summed E-state index contributed by atoms with van der Waals surface area (Å²) in [4.78, 5) is 31.2. The van der Waals surface area contributed by atoms with Crippen molar-refractivity contribution < 1.29 is 27.5 Å². The average Bonchev–Trinajstić information content (AvgIpc) is 3.16. The summed E-state index contributed by atoms with van der Waals surface area (Å²) >= 11 is 5.95. The number of carbonyl (C=O) groups is 2. The second-order valence-electron chi connectivity index (χ2n) is 7.23. The average molecular weight is 465 g/mol. The number of benzene rings is 1. The highest BCUT2D eigenvalue weighted by molar-refractivity contribution is 6.32. The zero-order valence-corrected chi connectivity index (χ0v) is 17.4. The Hall–Kier alpha value is -3.40. The number of nitrogens with zero attached hydrogens (tertiary/aromatic N) is 4. The number of carbonyl (C=O) groups excluding carboxylic acids is 2. The smallest absolute Gasteiger partial charge is 0.404 e. The van der Waals surface area contributed by atoms with Gasteiger partial charge in [-0.1, -0.05) is 11.6 Å². The van der Waals surface area contributed by atoms with E-state index >= 15 is 0 Å². The molecule has 1 aliphatic rings. The number of Topliss-reactive ketones (excluding diaryl/α,β-unsaturated/α-hetero) is 1. The zero-order valence-electron chi connectivity index (χ0n) is 16.6. The normalized spacial score (nSPS) is 16.1. The van der Waals surface area contributed by atoms with Crippen LogP contribution in [0.1, 0.15) is 39.4 Å². The molecule has 1 amide bonds. The van der Waals surface area contributed by atoms with Crippen molar-refractivity contribution in [2.75, 3.05) is 11.4 Å². The number of ether oxygens (including phenoxy) is 1. The first kappa shape index (κ1) is 21.8. The molecule has 11 heteroatoms. The topological polar surface area (TPSA) is 77.3 Å². The molecule has 0 saturated carbocycles. The number of hydrogen-bond donors (Lipinski definition) is 0. The van der Waals surface area contributed by atoms with Gasteiger partial charge in [-0.2, -0.15) is 5.10 Å². The highest BCUT2D eigenvalue weighted by Gasteiger charge is 2.35. The van der Waals surface area contributed by atoms with Gasteiger partial charge in [0.1, 0.15) is 11.4 Å². The Morgan fingerprint density at radius 1 is 1.28 bits per heavy atom. The number of pyridine rings is 1. The highest BCUT2D eigenvalue weighted by Crippen LogP contribution is 2.35. The standard InChI is InChI=1S/C21H16ClF3N4O3/c1-12-11-28(15-4-5-18(16(22)8-15)32-21(23,24)25)20(31)19-14(10-27-29(12)19)7-17(30)13-3-2-6-26-9-13/h2-6,8-10,12H,7,11H2,1H3/t12-/m0/s1. The van der Waals surface area contributed by atoms with Gasteiger partial charge in [0, 0.05) is 42.2 Å². The van der Waals surface area contributed by atoms with Gasteiger partial charge < -0.3 is 9.64 Å². The van der Waals surface area contributed by atoms with Gasteiger partial charge in [-0.05, 0) is 37.3 Å². The molecule has 1 aliphatic heterocycles. The molecule has 0 radical (unpaired) electrons. The van der Waals surface area contributed by atoms with E-state index < -0.39 is 18.0 Å². The Kier molecular flexibility index (Phi) is 5.64. The monoisotopic (exact) mass is 464 g/mol. The van der Waals surface area contributed by atoms with Crippen LogP contribution in [0.2, 0.25) is 5.02 Å². The molecule has 0 N–H and O–H groups in total. The Morgan fingerprint density at radius 3 is 2.72 bits per heavy atom. The maximum atomic E-state index is 13.3. The Morgan fingerprint density at radius 2 is 2.06 bits per heavy atom. The summed E-state index contributed by atoms with van der Waals surface area (Å²) in [5, 5.41) is 3.98. The molecular formula is C21H16ClF3N4O3. The number of halogens is 4. The quantitative estimate of drug-likeness (QED) is 0.520. The number of ketones is 1. The lowest BCUT2D eigenvalue weighted by Crippen LogP contribution is -2.43. The Bertz CT molecular complexity index is 1180. The molecule has 7 nitrogen and oxygen atoms in total. The SMILES string of the molecule is C[C@H]1CN(c2ccc(OC(F)(F)F)c(Cl)c2)C(=O)c2c(CC(=O)c3cccnc3)cnn21. The van der Waals surface area contributed by atoms with Crippen molar-refractivity contribution in [3.05, 3.63) is 70.8 Å². The van der Waals surface area contributed by atoms with E-state index in [1.165, 1.54) is 29.4 Å².